The van der Waals surface area contributed by atoms with Gasteiger partial charge in [-0.2, -0.15) is 0 Å². The van der Waals surface area contributed by atoms with Gasteiger partial charge in [-0.3, -0.25) is 9.36 Å². The Morgan fingerprint density at radius 2 is 1.85 bits per heavy atom. The summed E-state index contributed by atoms with van der Waals surface area (Å²) in [5.74, 6) is 0.577. The van der Waals surface area contributed by atoms with E-state index in [9.17, 15) is 9.18 Å². The molecule has 2 aromatic heterocycles. The van der Waals surface area contributed by atoms with Crippen molar-refractivity contribution < 1.29 is 9.18 Å². The molecule has 202 valence electrons. The SMILES string of the molecule is C=CC(=O)Nc1cc(Nc2cc(-n3c(SC)nnc3-c3ccc(F)cc3)ccn2)ccc1N(C)CCN(C)C. The highest BCUT2D eigenvalue weighted by molar-refractivity contribution is 7.98. The molecule has 0 aliphatic rings. The minimum atomic E-state index is -0.316. The Kier molecular flexibility index (Phi) is 8.95. The summed E-state index contributed by atoms with van der Waals surface area (Å²) in [6, 6.07) is 15.7. The fourth-order valence-electron chi connectivity index (χ4n) is 3.90. The molecule has 0 atom stereocenters. The second-order valence-corrected chi connectivity index (χ2v) is 9.80. The van der Waals surface area contributed by atoms with Crippen LogP contribution < -0.4 is 15.5 Å². The molecule has 0 radical (unpaired) electrons. The van der Waals surface area contributed by atoms with Crippen LogP contribution in [0.4, 0.5) is 27.3 Å². The highest BCUT2D eigenvalue weighted by atomic mass is 32.2. The van der Waals surface area contributed by atoms with E-state index >= 15 is 0 Å². The van der Waals surface area contributed by atoms with Gasteiger partial charge in [-0.15, -0.1) is 10.2 Å². The normalized spacial score (nSPS) is 10.9. The summed E-state index contributed by atoms with van der Waals surface area (Å²) in [6.07, 6.45) is 4.86. The van der Waals surface area contributed by atoms with Crippen molar-refractivity contribution in [3.8, 4) is 17.1 Å². The van der Waals surface area contributed by atoms with Crippen molar-refractivity contribution in [1.29, 1.82) is 0 Å². The van der Waals surface area contributed by atoms with Gasteiger partial charge in [-0.05, 0) is 75.0 Å². The molecule has 9 nitrogen and oxygen atoms in total. The first-order valence-electron chi connectivity index (χ1n) is 12.2. The number of nitrogens with zero attached hydrogens (tertiary/aromatic N) is 6. The van der Waals surface area contributed by atoms with Crippen molar-refractivity contribution in [3.05, 3.63) is 79.3 Å². The maximum absolute atomic E-state index is 13.5. The molecule has 2 aromatic carbocycles. The van der Waals surface area contributed by atoms with Crippen LogP contribution in [-0.4, -0.2) is 71.0 Å². The van der Waals surface area contributed by atoms with E-state index in [-0.39, 0.29) is 11.7 Å². The summed E-state index contributed by atoms with van der Waals surface area (Å²) in [7, 11) is 6.03. The number of halogens is 1. The number of benzene rings is 2. The van der Waals surface area contributed by atoms with E-state index in [2.05, 4.69) is 42.2 Å². The van der Waals surface area contributed by atoms with Gasteiger partial charge in [-0.25, -0.2) is 9.37 Å². The Labute approximate surface area is 231 Å². The zero-order chi connectivity index (χ0) is 27.9. The van der Waals surface area contributed by atoms with Gasteiger partial charge in [0.25, 0.3) is 0 Å². The third kappa shape index (κ3) is 6.81. The fourth-order valence-corrected chi connectivity index (χ4v) is 4.39. The number of rotatable bonds is 11. The molecular weight excluding hydrogens is 515 g/mol. The molecule has 0 aliphatic carbocycles. The summed E-state index contributed by atoms with van der Waals surface area (Å²) in [5.41, 5.74) is 3.83. The molecule has 0 aliphatic heterocycles. The molecule has 0 unspecified atom stereocenters. The van der Waals surface area contributed by atoms with E-state index < -0.39 is 0 Å². The Balaban J connectivity index is 1.65. The van der Waals surface area contributed by atoms with Crippen molar-refractivity contribution in [2.24, 2.45) is 0 Å². The lowest BCUT2D eigenvalue weighted by atomic mass is 10.2. The number of aromatic nitrogens is 4. The van der Waals surface area contributed by atoms with Crippen molar-refractivity contribution >= 4 is 40.5 Å². The highest BCUT2D eigenvalue weighted by Gasteiger charge is 2.16. The highest BCUT2D eigenvalue weighted by Crippen LogP contribution is 2.31. The van der Waals surface area contributed by atoms with Crippen LogP contribution in [0.25, 0.3) is 17.1 Å². The second kappa shape index (κ2) is 12.5. The van der Waals surface area contributed by atoms with E-state index in [0.717, 1.165) is 35.7 Å². The molecule has 0 fully saturated rings. The van der Waals surface area contributed by atoms with Crippen LogP contribution in [0.2, 0.25) is 0 Å². The number of amides is 1. The van der Waals surface area contributed by atoms with Crippen molar-refractivity contribution in [1.82, 2.24) is 24.6 Å². The second-order valence-electron chi connectivity index (χ2n) is 9.03. The molecule has 39 heavy (non-hydrogen) atoms. The van der Waals surface area contributed by atoms with Crippen LogP contribution in [0, 0.1) is 5.82 Å². The van der Waals surface area contributed by atoms with Crippen molar-refractivity contribution in [3.63, 3.8) is 0 Å². The minimum absolute atomic E-state index is 0.292. The lowest BCUT2D eigenvalue weighted by Crippen LogP contribution is -2.29. The zero-order valence-corrected chi connectivity index (χ0v) is 23.2. The molecule has 1 amide bonds. The summed E-state index contributed by atoms with van der Waals surface area (Å²) < 4.78 is 15.4. The molecule has 11 heteroatoms. The Morgan fingerprint density at radius 1 is 1.08 bits per heavy atom. The lowest BCUT2D eigenvalue weighted by Gasteiger charge is -2.25. The Hall–Kier alpha value is -4.22. The van der Waals surface area contributed by atoms with Crippen LogP contribution in [0.5, 0.6) is 0 Å². The van der Waals surface area contributed by atoms with Gasteiger partial charge in [0.05, 0.1) is 17.1 Å². The first-order valence-corrected chi connectivity index (χ1v) is 13.4. The Bertz CT molecular complexity index is 1450. The average Bonchev–Trinajstić information content (AvgIpc) is 3.36. The quantitative estimate of drug-likeness (QED) is 0.199. The van der Waals surface area contributed by atoms with Gasteiger partial charge in [0.2, 0.25) is 5.91 Å². The monoisotopic (exact) mass is 546 g/mol. The first-order chi connectivity index (χ1) is 18.8. The molecule has 0 spiro atoms. The largest absolute Gasteiger partial charge is 0.372 e. The summed E-state index contributed by atoms with van der Waals surface area (Å²) in [5, 5.41) is 15.6. The van der Waals surface area contributed by atoms with E-state index in [1.807, 2.05) is 62.3 Å². The van der Waals surface area contributed by atoms with Crippen LogP contribution in [0.15, 0.2) is 78.6 Å². The van der Waals surface area contributed by atoms with E-state index in [0.29, 0.717) is 22.5 Å². The maximum atomic E-state index is 13.5. The summed E-state index contributed by atoms with van der Waals surface area (Å²) >= 11 is 1.46. The number of thioether (sulfide) groups is 1. The molecule has 4 rings (SSSR count). The third-order valence-electron chi connectivity index (χ3n) is 5.93. The summed E-state index contributed by atoms with van der Waals surface area (Å²) in [4.78, 5) is 20.9. The molecular formula is C28H31FN8OS. The van der Waals surface area contributed by atoms with E-state index in [1.165, 1.54) is 30.0 Å². The van der Waals surface area contributed by atoms with Crippen molar-refractivity contribution in [2.45, 2.75) is 5.16 Å². The lowest BCUT2D eigenvalue weighted by molar-refractivity contribution is -0.111. The van der Waals surface area contributed by atoms with Gasteiger partial charge < -0.3 is 20.4 Å². The van der Waals surface area contributed by atoms with Crippen molar-refractivity contribution in [2.75, 3.05) is 56.0 Å². The van der Waals surface area contributed by atoms with Gasteiger partial charge in [0, 0.05) is 43.7 Å². The predicted molar refractivity (Wildman–Crippen MR) is 157 cm³/mol. The third-order valence-corrected chi connectivity index (χ3v) is 6.56. The Morgan fingerprint density at radius 3 is 2.54 bits per heavy atom. The van der Waals surface area contributed by atoms with E-state index in [1.54, 1.807) is 18.3 Å². The number of anilines is 4. The topological polar surface area (TPSA) is 91.2 Å². The van der Waals surface area contributed by atoms with Crippen LogP contribution >= 0.6 is 11.8 Å². The molecule has 2 heterocycles. The standard InChI is InChI=1S/C28H31FN8OS/c1-6-26(38)32-23-17-21(11-12-24(23)36(4)16-15-35(2)3)31-25-18-22(13-14-30-25)37-27(33-34-28(37)39-5)19-7-9-20(29)10-8-19/h6-14,17-18H,1,15-16H2,2-5H3,(H,30,31)(H,32,38). The maximum Gasteiger partial charge on any atom is 0.247 e. The molecule has 0 bridgehead atoms. The van der Waals surface area contributed by atoms with Gasteiger partial charge in [0.1, 0.15) is 11.6 Å². The minimum Gasteiger partial charge on any atom is -0.372 e. The van der Waals surface area contributed by atoms with Gasteiger partial charge in [0.15, 0.2) is 11.0 Å². The zero-order valence-electron chi connectivity index (χ0n) is 22.3. The fraction of sp³-hybridized carbons (Fsp3) is 0.214. The predicted octanol–water partition coefficient (Wildman–Crippen LogP) is 5.06. The number of hydrogen-bond donors (Lipinski definition) is 2. The smallest absolute Gasteiger partial charge is 0.247 e. The molecule has 0 saturated heterocycles. The number of nitrogens with one attached hydrogen (secondary N) is 2. The van der Waals surface area contributed by atoms with Gasteiger partial charge >= 0.3 is 0 Å². The number of likely N-dealkylation sites (N-methyl/N-ethyl adjacent to an activating group) is 2. The number of hydrogen-bond acceptors (Lipinski definition) is 8. The number of carbonyl (C=O) groups is 1. The summed E-state index contributed by atoms with van der Waals surface area (Å²) in [6.45, 7) is 5.22. The van der Waals surface area contributed by atoms with Crippen LogP contribution in [0.3, 0.4) is 0 Å². The van der Waals surface area contributed by atoms with Crippen LogP contribution in [0.1, 0.15) is 0 Å². The average molecular weight is 547 g/mol. The number of pyridine rings is 1. The first kappa shape index (κ1) is 27.8. The molecule has 0 saturated carbocycles. The molecule has 4 aromatic rings. The van der Waals surface area contributed by atoms with Gasteiger partial charge in [-0.1, -0.05) is 18.3 Å². The van der Waals surface area contributed by atoms with Crippen LogP contribution in [-0.2, 0) is 4.79 Å². The van der Waals surface area contributed by atoms with E-state index in [4.69, 9.17) is 0 Å². The number of carbonyl (C=O) groups excluding carboxylic acids is 1. The molecule has 2 N–H and O–H groups in total.